The lowest BCUT2D eigenvalue weighted by Gasteiger charge is -2.25. The second kappa shape index (κ2) is 6.40. The number of nitrogens with zero attached hydrogens (tertiary/aromatic N) is 3. The van der Waals surface area contributed by atoms with E-state index < -0.39 is 0 Å². The molecule has 0 radical (unpaired) electrons. The summed E-state index contributed by atoms with van der Waals surface area (Å²) in [6.45, 7) is 5.35. The van der Waals surface area contributed by atoms with E-state index in [1.807, 2.05) is 24.3 Å². The van der Waals surface area contributed by atoms with Crippen LogP contribution in [0.15, 0.2) is 28.8 Å². The van der Waals surface area contributed by atoms with Crippen LogP contribution < -0.4 is 9.47 Å². The second-order valence-electron chi connectivity index (χ2n) is 7.34. The molecule has 2 aliphatic rings. The predicted octanol–water partition coefficient (Wildman–Crippen LogP) is 3.12. The molecular weight excluding hydrogens is 360 g/mol. The molecule has 5 rings (SSSR count). The van der Waals surface area contributed by atoms with Crippen molar-refractivity contribution in [2.24, 2.45) is 0 Å². The number of aromatic amines is 1. The van der Waals surface area contributed by atoms with E-state index in [0.717, 1.165) is 34.0 Å². The van der Waals surface area contributed by atoms with Gasteiger partial charge in [-0.3, -0.25) is 9.89 Å². The van der Waals surface area contributed by atoms with Gasteiger partial charge in [0.1, 0.15) is 17.1 Å². The maximum atomic E-state index is 12.9. The number of rotatable bonds is 3. The zero-order valence-electron chi connectivity index (χ0n) is 15.7. The van der Waals surface area contributed by atoms with Crippen molar-refractivity contribution in [1.29, 1.82) is 0 Å². The van der Waals surface area contributed by atoms with E-state index in [2.05, 4.69) is 29.2 Å². The summed E-state index contributed by atoms with van der Waals surface area (Å²) in [7, 11) is 0. The highest BCUT2D eigenvalue weighted by Gasteiger charge is 2.29. The molecular formula is C20H20N4O4. The van der Waals surface area contributed by atoms with Gasteiger partial charge < -0.3 is 18.9 Å². The van der Waals surface area contributed by atoms with Gasteiger partial charge in [0, 0.05) is 29.8 Å². The van der Waals surface area contributed by atoms with E-state index in [4.69, 9.17) is 14.0 Å². The first-order valence-electron chi connectivity index (χ1n) is 9.32. The summed E-state index contributed by atoms with van der Waals surface area (Å²) in [6.07, 6.45) is 0.625. The van der Waals surface area contributed by atoms with Gasteiger partial charge in [0.2, 0.25) is 6.79 Å². The van der Waals surface area contributed by atoms with Crippen molar-refractivity contribution in [3.63, 3.8) is 0 Å². The standard InChI is InChI=1S/C20H20N4O4/c1-11(2)14-8-15(22-21-14)20(25)24-6-5-16-13(9-24)19(23-28-16)12-3-4-17-18(7-12)27-10-26-17/h3-4,7-8,11H,5-6,9-10H2,1-2H3,(H,21,22). The fourth-order valence-corrected chi connectivity index (χ4v) is 3.56. The van der Waals surface area contributed by atoms with E-state index in [1.54, 1.807) is 4.90 Å². The van der Waals surface area contributed by atoms with Gasteiger partial charge in [-0.15, -0.1) is 0 Å². The van der Waals surface area contributed by atoms with Crippen LogP contribution in [0.5, 0.6) is 11.5 Å². The number of hydrogen-bond acceptors (Lipinski definition) is 6. The van der Waals surface area contributed by atoms with Crippen LogP contribution in [0.1, 0.15) is 47.3 Å². The number of aromatic nitrogens is 3. The van der Waals surface area contributed by atoms with Crippen LogP contribution in [0, 0.1) is 0 Å². The van der Waals surface area contributed by atoms with Gasteiger partial charge in [-0.2, -0.15) is 5.10 Å². The molecule has 8 heteroatoms. The van der Waals surface area contributed by atoms with Gasteiger partial charge in [0.15, 0.2) is 11.5 Å². The molecule has 0 aliphatic carbocycles. The minimum absolute atomic E-state index is 0.0911. The molecule has 0 saturated heterocycles. The molecule has 0 unspecified atom stereocenters. The Morgan fingerprint density at radius 1 is 1.21 bits per heavy atom. The maximum Gasteiger partial charge on any atom is 0.274 e. The summed E-state index contributed by atoms with van der Waals surface area (Å²) in [4.78, 5) is 14.7. The zero-order valence-corrected chi connectivity index (χ0v) is 15.7. The molecule has 1 amide bonds. The topological polar surface area (TPSA) is 93.5 Å². The summed E-state index contributed by atoms with van der Waals surface area (Å²) < 4.78 is 16.4. The fraction of sp³-hybridized carbons (Fsp3) is 0.350. The lowest BCUT2D eigenvalue weighted by Crippen LogP contribution is -2.35. The Labute approximate surface area is 161 Å². The Kier molecular flexibility index (Phi) is 3.85. The molecule has 28 heavy (non-hydrogen) atoms. The van der Waals surface area contributed by atoms with Gasteiger partial charge in [0.25, 0.3) is 5.91 Å². The zero-order chi connectivity index (χ0) is 19.3. The lowest BCUT2D eigenvalue weighted by molar-refractivity contribution is 0.0723. The van der Waals surface area contributed by atoms with E-state index in [9.17, 15) is 4.79 Å². The van der Waals surface area contributed by atoms with Gasteiger partial charge in [-0.1, -0.05) is 19.0 Å². The number of carbonyl (C=O) groups is 1. The van der Waals surface area contributed by atoms with Crippen molar-refractivity contribution in [1.82, 2.24) is 20.3 Å². The smallest absolute Gasteiger partial charge is 0.274 e. The SMILES string of the molecule is CC(C)c1cc(C(=O)N2CCc3onc(-c4ccc5c(c4)OCO5)c3C2)n[nH]1. The number of H-pyrrole nitrogens is 1. The first kappa shape index (κ1) is 16.9. The first-order valence-corrected chi connectivity index (χ1v) is 9.32. The molecule has 0 atom stereocenters. The summed E-state index contributed by atoms with van der Waals surface area (Å²) >= 11 is 0. The molecule has 0 fully saturated rings. The molecule has 8 nitrogen and oxygen atoms in total. The molecule has 1 N–H and O–H groups in total. The van der Waals surface area contributed by atoms with Crippen molar-refractivity contribution < 1.29 is 18.8 Å². The Morgan fingerprint density at radius 2 is 2.07 bits per heavy atom. The number of hydrogen-bond donors (Lipinski definition) is 1. The largest absolute Gasteiger partial charge is 0.454 e. The number of nitrogens with one attached hydrogen (secondary N) is 1. The van der Waals surface area contributed by atoms with E-state index in [-0.39, 0.29) is 18.6 Å². The molecule has 0 spiro atoms. The summed E-state index contributed by atoms with van der Waals surface area (Å²) in [6, 6.07) is 7.51. The van der Waals surface area contributed by atoms with Crippen LogP contribution in [-0.4, -0.2) is 39.5 Å². The number of amides is 1. The van der Waals surface area contributed by atoms with Crippen LogP contribution in [0.4, 0.5) is 0 Å². The van der Waals surface area contributed by atoms with E-state index in [1.165, 1.54) is 0 Å². The van der Waals surface area contributed by atoms with Crippen molar-refractivity contribution in [2.45, 2.75) is 32.7 Å². The molecule has 144 valence electrons. The third-order valence-corrected chi connectivity index (χ3v) is 5.20. The van der Waals surface area contributed by atoms with Crippen molar-refractivity contribution in [3.05, 3.63) is 47.0 Å². The molecule has 3 aromatic rings. The molecule has 2 aromatic heterocycles. The second-order valence-corrected chi connectivity index (χ2v) is 7.34. The molecule has 0 saturated carbocycles. The van der Waals surface area contributed by atoms with Crippen LogP contribution in [-0.2, 0) is 13.0 Å². The Bertz CT molecular complexity index is 1050. The minimum atomic E-state index is -0.0911. The Hall–Kier alpha value is -3.29. The van der Waals surface area contributed by atoms with Gasteiger partial charge in [-0.05, 0) is 30.2 Å². The lowest BCUT2D eigenvalue weighted by atomic mass is 10.0. The van der Waals surface area contributed by atoms with Gasteiger partial charge in [-0.25, -0.2) is 0 Å². The summed E-state index contributed by atoms with van der Waals surface area (Å²) in [5, 5.41) is 11.4. The maximum absolute atomic E-state index is 12.9. The number of carbonyl (C=O) groups excluding carboxylic acids is 1. The van der Waals surface area contributed by atoms with Gasteiger partial charge >= 0.3 is 0 Å². The Morgan fingerprint density at radius 3 is 2.89 bits per heavy atom. The van der Waals surface area contributed by atoms with Crippen LogP contribution in [0.2, 0.25) is 0 Å². The van der Waals surface area contributed by atoms with Crippen LogP contribution >= 0.6 is 0 Å². The predicted molar refractivity (Wildman–Crippen MR) is 99.2 cm³/mol. The Balaban J connectivity index is 1.42. The van der Waals surface area contributed by atoms with Crippen molar-refractivity contribution >= 4 is 5.91 Å². The van der Waals surface area contributed by atoms with E-state index in [0.29, 0.717) is 31.0 Å². The average molecular weight is 380 g/mol. The highest BCUT2D eigenvalue weighted by Crippen LogP contribution is 2.38. The summed E-state index contributed by atoms with van der Waals surface area (Å²) in [5.74, 6) is 2.43. The van der Waals surface area contributed by atoms with Crippen LogP contribution in [0.3, 0.4) is 0 Å². The third-order valence-electron chi connectivity index (χ3n) is 5.20. The fourth-order valence-electron chi connectivity index (χ4n) is 3.56. The number of fused-ring (bicyclic) bond motifs is 2. The number of benzene rings is 1. The molecule has 4 heterocycles. The highest BCUT2D eigenvalue weighted by molar-refractivity contribution is 5.92. The monoisotopic (exact) mass is 380 g/mol. The van der Waals surface area contributed by atoms with Crippen molar-refractivity contribution in [2.75, 3.05) is 13.3 Å². The van der Waals surface area contributed by atoms with E-state index >= 15 is 0 Å². The minimum Gasteiger partial charge on any atom is -0.454 e. The molecule has 1 aromatic carbocycles. The highest BCUT2D eigenvalue weighted by atomic mass is 16.7. The van der Waals surface area contributed by atoms with Crippen LogP contribution in [0.25, 0.3) is 11.3 Å². The third kappa shape index (κ3) is 2.72. The van der Waals surface area contributed by atoms with Crippen molar-refractivity contribution in [3.8, 4) is 22.8 Å². The number of ether oxygens (including phenoxy) is 2. The molecule has 2 aliphatic heterocycles. The normalized spacial score (nSPS) is 15.2. The summed E-state index contributed by atoms with van der Waals surface area (Å²) in [5.41, 5.74) is 3.93. The quantitative estimate of drug-likeness (QED) is 0.750. The van der Waals surface area contributed by atoms with Gasteiger partial charge in [0.05, 0.1) is 6.54 Å². The average Bonchev–Trinajstić information content (AvgIpc) is 3.44. The molecule has 0 bridgehead atoms. The first-order chi connectivity index (χ1) is 13.6.